The summed E-state index contributed by atoms with van der Waals surface area (Å²) in [5, 5.41) is 3.43. The lowest BCUT2D eigenvalue weighted by atomic mass is 10.2. The Morgan fingerprint density at radius 2 is 1.84 bits per heavy atom. The van der Waals surface area contributed by atoms with Gasteiger partial charge in [0, 0.05) is 6.54 Å². The molecular formula is C20H26BrNO3. The van der Waals surface area contributed by atoms with Crippen LogP contribution < -0.4 is 14.8 Å². The summed E-state index contributed by atoms with van der Waals surface area (Å²) < 4.78 is 17.7. The summed E-state index contributed by atoms with van der Waals surface area (Å²) in [5.74, 6) is 1.97. The molecule has 2 rings (SSSR count). The molecule has 0 bridgehead atoms. The van der Waals surface area contributed by atoms with Gasteiger partial charge in [0.15, 0.2) is 18.3 Å². The average molecular weight is 408 g/mol. The van der Waals surface area contributed by atoms with Crippen molar-refractivity contribution in [2.75, 3.05) is 20.4 Å². The molecule has 136 valence electrons. The van der Waals surface area contributed by atoms with Crippen LogP contribution in [-0.4, -0.2) is 20.4 Å². The van der Waals surface area contributed by atoms with Crippen LogP contribution in [0.5, 0.6) is 11.5 Å². The van der Waals surface area contributed by atoms with E-state index in [1.165, 1.54) is 0 Å². The van der Waals surface area contributed by atoms with Gasteiger partial charge in [-0.2, -0.15) is 0 Å². The normalized spacial score (nSPS) is 10.9. The molecule has 0 unspecified atom stereocenters. The zero-order chi connectivity index (χ0) is 18.1. The van der Waals surface area contributed by atoms with Gasteiger partial charge in [-0.25, -0.2) is 0 Å². The maximum Gasteiger partial charge on any atom is 0.189 e. The first-order valence-corrected chi connectivity index (χ1v) is 9.21. The lowest BCUT2D eigenvalue weighted by Gasteiger charge is -2.15. The van der Waals surface area contributed by atoms with E-state index in [0.29, 0.717) is 24.0 Å². The highest BCUT2D eigenvalue weighted by Crippen LogP contribution is 2.36. The predicted molar refractivity (Wildman–Crippen MR) is 104 cm³/mol. The lowest BCUT2D eigenvalue weighted by Crippen LogP contribution is -2.19. The topological polar surface area (TPSA) is 39.7 Å². The highest BCUT2D eigenvalue weighted by molar-refractivity contribution is 9.10. The monoisotopic (exact) mass is 407 g/mol. The van der Waals surface area contributed by atoms with E-state index in [0.717, 1.165) is 28.7 Å². The molecular weight excluding hydrogens is 382 g/mol. The van der Waals surface area contributed by atoms with E-state index in [-0.39, 0.29) is 6.79 Å². The fraction of sp³-hybridized carbons (Fsp3) is 0.400. The summed E-state index contributed by atoms with van der Waals surface area (Å²) in [4.78, 5) is 0. The Morgan fingerprint density at radius 3 is 2.52 bits per heavy atom. The Kier molecular flexibility index (Phi) is 8.25. The largest absolute Gasteiger partial charge is 0.493 e. The second-order valence-corrected chi connectivity index (χ2v) is 7.08. The van der Waals surface area contributed by atoms with Crippen molar-refractivity contribution in [3.05, 3.63) is 58.1 Å². The van der Waals surface area contributed by atoms with E-state index in [2.05, 4.69) is 35.1 Å². The summed E-state index contributed by atoms with van der Waals surface area (Å²) in [6.45, 7) is 6.82. The van der Waals surface area contributed by atoms with E-state index < -0.39 is 0 Å². The summed E-state index contributed by atoms with van der Waals surface area (Å²) in [6, 6.07) is 14.0. The van der Waals surface area contributed by atoms with Crippen LogP contribution in [0.25, 0.3) is 0 Å². The molecule has 0 atom stereocenters. The van der Waals surface area contributed by atoms with Crippen LogP contribution in [0.15, 0.2) is 46.9 Å². The molecule has 0 saturated heterocycles. The quantitative estimate of drug-likeness (QED) is 0.455. The van der Waals surface area contributed by atoms with Crippen molar-refractivity contribution in [1.29, 1.82) is 0 Å². The Balaban J connectivity index is 1.90. The predicted octanol–water partition coefficient (Wildman–Crippen LogP) is 4.76. The molecule has 2 aromatic rings. The van der Waals surface area contributed by atoms with Crippen LogP contribution in [0.2, 0.25) is 0 Å². The SMILES string of the molecule is COc1cc(CNCC(C)C)cc(Br)c1OCOCc1ccccc1. The van der Waals surface area contributed by atoms with Gasteiger partial charge >= 0.3 is 0 Å². The Morgan fingerprint density at radius 1 is 1.08 bits per heavy atom. The molecule has 4 nitrogen and oxygen atoms in total. The minimum Gasteiger partial charge on any atom is -0.493 e. The molecule has 0 aliphatic heterocycles. The Hall–Kier alpha value is -1.56. The maximum atomic E-state index is 5.76. The lowest BCUT2D eigenvalue weighted by molar-refractivity contribution is 0.00331. The van der Waals surface area contributed by atoms with E-state index in [1.54, 1.807) is 7.11 Å². The molecule has 25 heavy (non-hydrogen) atoms. The van der Waals surface area contributed by atoms with Crippen molar-refractivity contribution in [3.8, 4) is 11.5 Å². The van der Waals surface area contributed by atoms with Gasteiger partial charge in [-0.15, -0.1) is 0 Å². The molecule has 0 aliphatic rings. The maximum absolute atomic E-state index is 5.76. The van der Waals surface area contributed by atoms with Crippen LogP contribution in [-0.2, 0) is 17.9 Å². The number of halogens is 1. The fourth-order valence-electron chi connectivity index (χ4n) is 2.35. The molecule has 0 aromatic heterocycles. The van der Waals surface area contributed by atoms with Crippen molar-refractivity contribution in [1.82, 2.24) is 5.32 Å². The van der Waals surface area contributed by atoms with Crippen molar-refractivity contribution in [2.24, 2.45) is 5.92 Å². The molecule has 5 heteroatoms. The van der Waals surface area contributed by atoms with Crippen LogP contribution in [0.4, 0.5) is 0 Å². The molecule has 0 radical (unpaired) electrons. The molecule has 2 aromatic carbocycles. The number of nitrogens with one attached hydrogen (secondary N) is 1. The van der Waals surface area contributed by atoms with E-state index in [4.69, 9.17) is 14.2 Å². The molecule has 0 aliphatic carbocycles. The number of hydrogen-bond donors (Lipinski definition) is 1. The molecule has 0 amide bonds. The number of ether oxygens (including phenoxy) is 3. The minimum absolute atomic E-state index is 0.162. The number of benzene rings is 2. The van der Waals surface area contributed by atoms with Crippen LogP contribution in [0, 0.1) is 5.92 Å². The van der Waals surface area contributed by atoms with Crippen LogP contribution in [0.1, 0.15) is 25.0 Å². The average Bonchev–Trinajstić information content (AvgIpc) is 2.60. The van der Waals surface area contributed by atoms with Gasteiger partial charge in [-0.3, -0.25) is 0 Å². The minimum atomic E-state index is 0.162. The van der Waals surface area contributed by atoms with Gasteiger partial charge in [0.1, 0.15) is 0 Å². The van der Waals surface area contributed by atoms with E-state index in [9.17, 15) is 0 Å². The third-order valence-corrected chi connectivity index (χ3v) is 4.16. The first-order valence-electron chi connectivity index (χ1n) is 8.41. The van der Waals surface area contributed by atoms with Crippen molar-refractivity contribution in [3.63, 3.8) is 0 Å². The van der Waals surface area contributed by atoms with Crippen molar-refractivity contribution < 1.29 is 14.2 Å². The zero-order valence-electron chi connectivity index (χ0n) is 15.0. The van der Waals surface area contributed by atoms with Gasteiger partial charge < -0.3 is 19.5 Å². The summed E-state index contributed by atoms with van der Waals surface area (Å²) in [5.41, 5.74) is 2.26. The van der Waals surface area contributed by atoms with E-state index in [1.807, 2.05) is 42.5 Å². The third-order valence-electron chi connectivity index (χ3n) is 3.57. The highest BCUT2D eigenvalue weighted by atomic mass is 79.9. The smallest absolute Gasteiger partial charge is 0.189 e. The van der Waals surface area contributed by atoms with Gasteiger partial charge in [-0.05, 0) is 51.7 Å². The summed E-state index contributed by atoms with van der Waals surface area (Å²) in [6.07, 6.45) is 0. The molecule has 0 fully saturated rings. The standard InChI is InChI=1S/C20H26BrNO3/c1-15(2)11-22-12-17-9-18(21)20(19(10-17)23-3)25-14-24-13-16-7-5-4-6-8-16/h4-10,15,22H,11-14H2,1-3H3. The summed E-state index contributed by atoms with van der Waals surface area (Å²) in [7, 11) is 1.64. The van der Waals surface area contributed by atoms with E-state index >= 15 is 0 Å². The first kappa shape index (κ1) is 19.8. The van der Waals surface area contributed by atoms with Gasteiger partial charge in [0.05, 0.1) is 18.2 Å². The van der Waals surface area contributed by atoms with Gasteiger partial charge in [0.2, 0.25) is 0 Å². The van der Waals surface area contributed by atoms with Gasteiger partial charge in [-0.1, -0.05) is 44.2 Å². The molecule has 0 heterocycles. The molecule has 0 spiro atoms. The molecule has 1 N–H and O–H groups in total. The number of hydrogen-bond acceptors (Lipinski definition) is 4. The Bertz CT molecular complexity index is 647. The number of rotatable bonds is 10. The fourth-order valence-corrected chi connectivity index (χ4v) is 2.96. The second-order valence-electron chi connectivity index (χ2n) is 6.23. The number of methoxy groups -OCH3 is 1. The summed E-state index contributed by atoms with van der Waals surface area (Å²) >= 11 is 3.57. The van der Waals surface area contributed by atoms with Gasteiger partial charge in [0.25, 0.3) is 0 Å². The first-order chi connectivity index (χ1) is 12.1. The Labute approximate surface area is 158 Å². The zero-order valence-corrected chi connectivity index (χ0v) is 16.6. The van der Waals surface area contributed by atoms with Crippen molar-refractivity contribution >= 4 is 15.9 Å². The van der Waals surface area contributed by atoms with Crippen LogP contribution in [0.3, 0.4) is 0 Å². The third kappa shape index (κ3) is 6.69. The molecule has 0 saturated carbocycles. The van der Waals surface area contributed by atoms with Crippen molar-refractivity contribution in [2.45, 2.75) is 27.0 Å². The second kappa shape index (κ2) is 10.4. The van der Waals surface area contributed by atoms with Crippen LogP contribution >= 0.6 is 15.9 Å². The highest BCUT2D eigenvalue weighted by Gasteiger charge is 2.12.